The lowest BCUT2D eigenvalue weighted by Gasteiger charge is -2.12. The van der Waals surface area contributed by atoms with Crippen molar-refractivity contribution in [1.29, 1.82) is 0 Å². The van der Waals surface area contributed by atoms with Gasteiger partial charge in [0, 0.05) is 22.8 Å². The molecule has 1 aromatic carbocycles. The van der Waals surface area contributed by atoms with Crippen LogP contribution in [0.4, 0.5) is 0 Å². The van der Waals surface area contributed by atoms with Gasteiger partial charge in [-0.25, -0.2) is 9.97 Å². The van der Waals surface area contributed by atoms with Crippen molar-refractivity contribution < 1.29 is 4.42 Å². The molecule has 1 unspecified atom stereocenters. The van der Waals surface area contributed by atoms with Crippen LogP contribution < -0.4 is 5.73 Å². The molecule has 0 saturated carbocycles. The summed E-state index contributed by atoms with van der Waals surface area (Å²) in [6.07, 6.45) is 2.41. The Morgan fingerprint density at radius 3 is 2.67 bits per heavy atom. The highest BCUT2D eigenvalue weighted by molar-refractivity contribution is 7.17. The lowest BCUT2D eigenvalue weighted by Crippen LogP contribution is -2.15. The van der Waals surface area contributed by atoms with E-state index in [-0.39, 0.29) is 0 Å². The highest BCUT2D eigenvalue weighted by Gasteiger charge is 2.22. The predicted octanol–water partition coefficient (Wildman–Crippen LogP) is 4.56. The van der Waals surface area contributed by atoms with Crippen LogP contribution in [-0.4, -0.2) is 9.97 Å². The standard InChI is InChI=1S/C19H17N3OS/c1-2-15-21-18(17(20)14-9-6-10-23-14)16-13(11-24-19(16)22-15)12-7-4-3-5-8-12/h3-11,17H,2,20H2,1H3. The molecule has 0 aliphatic carbocycles. The van der Waals surface area contributed by atoms with Crippen LogP contribution in [0.15, 0.2) is 58.5 Å². The minimum absolute atomic E-state index is 0.409. The lowest BCUT2D eigenvalue weighted by atomic mass is 10.0. The third-order valence-corrected chi connectivity index (χ3v) is 4.93. The molecule has 0 radical (unpaired) electrons. The summed E-state index contributed by atoms with van der Waals surface area (Å²) in [7, 11) is 0. The molecule has 0 aliphatic rings. The Morgan fingerprint density at radius 2 is 1.96 bits per heavy atom. The van der Waals surface area contributed by atoms with Gasteiger partial charge in [-0.2, -0.15) is 0 Å². The zero-order valence-corrected chi connectivity index (χ0v) is 14.1. The first-order chi connectivity index (χ1) is 11.8. The van der Waals surface area contributed by atoms with Crippen LogP contribution in [0.1, 0.15) is 30.2 Å². The Hall–Kier alpha value is -2.50. The van der Waals surface area contributed by atoms with E-state index in [0.717, 1.165) is 39.3 Å². The molecule has 3 heterocycles. The van der Waals surface area contributed by atoms with Crippen molar-refractivity contribution in [2.45, 2.75) is 19.4 Å². The number of aryl methyl sites for hydroxylation is 1. The molecule has 5 heteroatoms. The number of thiophene rings is 1. The fourth-order valence-electron chi connectivity index (χ4n) is 2.83. The molecule has 2 N–H and O–H groups in total. The Bertz CT molecular complexity index is 961. The summed E-state index contributed by atoms with van der Waals surface area (Å²) < 4.78 is 5.51. The summed E-state index contributed by atoms with van der Waals surface area (Å²) >= 11 is 1.63. The normalized spacial score (nSPS) is 12.6. The van der Waals surface area contributed by atoms with Gasteiger partial charge in [-0.1, -0.05) is 37.3 Å². The molecular weight excluding hydrogens is 318 g/mol. The first-order valence-corrected chi connectivity index (χ1v) is 8.78. The van der Waals surface area contributed by atoms with Gasteiger partial charge in [0.1, 0.15) is 22.5 Å². The molecule has 4 nitrogen and oxygen atoms in total. The zero-order chi connectivity index (χ0) is 16.5. The topological polar surface area (TPSA) is 64.9 Å². The van der Waals surface area contributed by atoms with Crippen LogP contribution in [0.2, 0.25) is 0 Å². The van der Waals surface area contributed by atoms with E-state index >= 15 is 0 Å². The monoisotopic (exact) mass is 335 g/mol. The first kappa shape index (κ1) is 15.1. The first-order valence-electron chi connectivity index (χ1n) is 7.90. The SMILES string of the molecule is CCc1nc(C(N)c2ccco2)c2c(-c3ccccc3)csc2n1. The summed E-state index contributed by atoms with van der Waals surface area (Å²) in [6, 6.07) is 13.6. The quantitative estimate of drug-likeness (QED) is 0.593. The molecule has 4 aromatic rings. The molecule has 120 valence electrons. The largest absolute Gasteiger partial charge is 0.467 e. The molecule has 0 aliphatic heterocycles. The number of hydrogen-bond donors (Lipinski definition) is 1. The van der Waals surface area contributed by atoms with Crippen molar-refractivity contribution in [1.82, 2.24) is 9.97 Å². The fourth-order valence-corrected chi connectivity index (χ4v) is 3.80. The third-order valence-electron chi connectivity index (χ3n) is 4.05. The Morgan fingerprint density at radius 1 is 1.12 bits per heavy atom. The highest BCUT2D eigenvalue weighted by Crippen LogP contribution is 2.37. The molecule has 0 amide bonds. The predicted molar refractivity (Wildman–Crippen MR) is 97.0 cm³/mol. The average Bonchev–Trinajstić information content (AvgIpc) is 3.30. The van der Waals surface area contributed by atoms with Gasteiger partial charge in [-0.15, -0.1) is 11.3 Å². The maximum atomic E-state index is 6.48. The van der Waals surface area contributed by atoms with Crippen LogP contribution >= 0.6 is 11.3 Å². The summed E-state index contributed by atoms with van der Waals surface area (Å²) in [4.78, 5) is 10.4. The van der Waals surface area contributed by atoms with E-state index in [2.05, 4.69) is 29.4 Å². The fraction of sp³-hybridized carbons (Fsp3) is 0.158. The number of fused-ring (bicyclic) bond motifs is 1. The molecule has 0 spiro atoms. The number of benzene rings is 1. The molecular formula is C19H17N3OS. The van der Waals surface area contributed by atoms with Crippen LogP contribution in [0.5, 0.6) is 0 Å². The number of rotatable bonds is 4. The molecule has 0 fully saturated rings. The summed E-state index contributed by atoms with van der Waals surface area (Å²) in [5.41, 5.74) is 9.57. The molecule has 1 atom stereocenters. The maximum absolute atomic E-state index is 6.48. The maximum Gasteiger partial charge on any atom is 0.130 e. The summed E-state index contributed by atoms with van der Waals surface area (Å²) in [6.45, 7) is 2.05. The van der Waals surface area contributed by atoms with Crippen molar-refractivity contribution in [3.8, 4) is 11.1 Å². The minimum Gasteiger partial charge on any atom is -0.467 e. The van der Waals surface area contributed by atoms with Crippen LogP contribution in [-0.2, 0) is 6.42 Å². The highest BCUT2D eigenvalue weighted by atomic mass is 32.1. The van der Waals surface area contributed by atoms with E-state index in [4.69, 9.17) is 15.1 Å². The van der Waals surface area contributed by atoms with Crippen molar-refractivity contribution in [2.24, 2.45) is 5.73 Å². The smallest absolute Gasteiger partial charge is 0.130 e. The van der Waals surface area contributed by atoms with Crippen molar-refractivity contribution >= 4 is 21.6 Å². The lowest BCUT2D eigenvalue weighted by molar-refractivity contribution is 0.487. The van der Waals surface area contributed by atoms with Gasteiger partial charge >= 0.3 is 0 Å². The second-order valence-corrected chi connectivity index (χ2v) is 6.43. The molecule has 0 saturated heterocycles. The molecule has 4 rings (SSSR count). The van der Waals surface area contributed by atoms with Gasteiger partial charge in [0.2, 0.25) is 0 Å². The van der Waals surface area contributed by atoms with Crippen molar-refractivity contribution in [2.75, 3.05) is 0 Å². The van der Waals surface area contributed by atoms with Gasteiger partial charge in [-0.3, -0.25) is 0 Å². The number of nitrogens with two attached hydrogens (primary N) is 1. The third kappa shape index (κ3) is 2.52. The second-order valence-electron chi connectivity index (χ2n) is 5.57. The summed E-state index contributed by atoms with van der Waals surface area (Å²) in [5, 5.41) is 3.15. The van der Waals surface area contributed by atoms with Gasteiger partial charge in [-0.05, 0) is 17.7 Å². The van der Waals surface area contributed by atoms with Crippen LogP contribution in [0, 0.1) is 0 Å². The molecule has 3 aromatic heterocycles. The van der Waals surface area contributed by atoms with Gasteiger partial charge in [0.15, 0.2) is 0 Å². The number of hydrogen-bond acceptors (Lipinski definition) is 5. The van der Waals surface area contributed by atoms with Gasteiger partial charge in [0.05, 0.1) is 12.0 Å². The van der Waals surface area contributed by atoms with E-state index in [1.165, 1.54) is 0 Å². The van der Waals surface area contributed by atoms with E-state index in [1.807, 2.05) is 30.3 Å². The Labute approximate surface area is 144 Å². The van der Waals surface area contributed by atoms with Crippen LogP contribution in [0.3, 0.4) is 0 Å². The number of furan rings is 1. The second kappa shape index (κ2) is 6.19. The minimum atomic E-state index is -0.409. The summed E-state index contributed by atoms with van der Waals surface area (Å²) in [5.74, 6) is 1.52. The van der Waals surface area contributed by atoms with Crippen molar-refractivity contribution in [3.63, 3.8) is 0 Å². The molecule has 24 heavy (non-hydrogen) atoms. The van der Waals surface area contributed by atoms with E-state index < -0.39 is 6.04 Å². The Balaban J connectivity index is 1.98. The van der Waals surface area contributed by atoms with Crippen LogP contribution in [0.25, 0.3) is 21.3 Å². The van der Waals surface area contributed by atoms with E-state index in [9.17, 15) is 0 Å². The van der Waals surface area contributed by atoms with Gasteiger partial charge in [0.25, 0.3) is 0 Å². The Kier molecular flexibility index (Phi) is 3.88. The van der Waals surface area contributed by atoms with E-state index in [1.54, 1.807) is 17.6 Å². The average molecular weight is 335 g/mol. The zero-order valence-electron chi connectivity index (χ0n) is 13.3. The van der Waals surface area contributed by atoms with Gasteiger partial charge < -0.3 is 10.2 Å². The van der Waals surface area contributed by atoms with E-state index in [0.29, 0.717) is 5.76 Å². The molecule has 0 bridgehead atoms. The number of aromatic nitrogens is 2. The number of nitrogens with zero attached hydrogens (tertiary/aromatic N) is 2. The van der Waals surface area contributed by atoms with Crippen molar-refractivity contribution in [3.05, 3.63) is 71.4 Å².